The Balaban J connectivity index is 1.75. The Bertz CT molecular complexity index is 157. The van der Waals surface area contributed by atoms with Gasteiger partial charge in [-0.3, -0.25) is 4.90 Å². The SMILES string of the molecule is NC1SCCN1CC1CCCCC1. The molecule has 76 valence electrons. The maximum Gasteiger partial charge on any atom is 0.105 e. The molecule has 1 saturated heterocycles. The lowest BCUT2D eigenvalue weighted by Crippen LogP contribution is -2.38. The first-order chi connectivity index (χ1) is 6.36. The minimum absolute atomic E-state index is 0.293. The van der Waals surface area contributed by atoms with E-state index in [1.54, 1.807) is 0 Å². The van der Waals surface area contributed by atoms with Crippen molar-refractivity contribution < 1.29 is 0 Å². The Kier molecular flexibility index (Phi) is 3.52. The van der Waals surface area contributed by atoms with Crippen LogP contribution >= 0.6 is 11.8 Å². The molecule has 0 radical (unpaired) electrons. The molecule has 1 aliphatic heterocycles. The number of nitrogens with zero attached hydrogens (tertiary/aromatic N) is 1. The first-order valence-corrected chi connectivity index (χ1v) is 6.52. The first-order valence-electron chi connectivity index (χ1n) is 5.47. The second kappa shape index (κ2) is 4.67. The van der Waals surface area contributed by atoms with E-state index in [4.69, 9.17) is 5.73 Å². The van der Waals surface area contributed by atoms with Crippen molar-refractivity contribution in [3.8, 4) is 0 Å². The lowest BCUT2D eigenvalue weighted by atomic mass is 9.89. The predicted octanol–water partition coefficient (Wildman–Crippen LogP) is 1.86. The Morgan fingerprint density at radius 3 is 2.62 bits per heavy atom. The molecule has 2 N–H and O–H groups in total. The van der Waals surface area contributed by atoms with Gasteiger partial charge < -0.3 is 5.73 Å². The van der Waals surface area contributed by atoms with Gasteiger partial charge in [0.2, 0.25) is 0 Å². The third-order valence-corrected chi connectivity index (χ3v) is 4.30. The van der Waals surface area contributed by atoms with E-state index < -0.39 is 0 Å². The lowest BCUT2D eigenvalue weighted by Gasteiger charge is -2.28. The molecule has 0 spiro atoms. The molecular weight excluding hydrogens is 180 g/mol. The van der Waals surface area contributed by atoms with Gasteiger partial charge in [-0.2, -0.15) is 0 Å². The molecule has 1 aliphatic carbocycles. The van der Waals surface area contributed by atoms with Gasteiger partial charge >= 0.3 is 0 Å². The van der Waals surface area contributed by atoms with Crippen LogP contribution in [0, 0.1) is 5.92 Å². The molecule has 0 aromatic heterocycles. The Morgan fingerprint density at radius 2 is 2.00 bits per heavy atom. The van der Waals surface area contributed by atoms with Gasteiger partial charge in [-0.05, 0) is 18.8 Å². The molecule has 13 heavy (non-hydrogen) atoms. The number of hydrogen-bond donors (Lipinski definition) is 1. The maximum absolute atomic E-state index is 5.99. The summed E-state index contributed by atoms with van der Waals surface area (Å²) in [5.41, 5.74) is 6.28. The molecular formula is C10H20N2S. The zero-order valence-corrected chi connectivity index (χ0v) is 9.06. The van der Waals surface area contributed by atoms with Crippen molar-refractivity contribution in [2.24, 2.45) is 11.7 Å². The van der Waals surface area contributed by atoms with E-state index in [0.717, 1.165) is 5.92 Å². The second-order valence-electron chi connectivity index (χ2n) is 4.26. The molecule has 0 bridgehead atoms. The van der Waals surface area contributed by atoms with Crippen LogP contribution in [0.3, 0.4) is 0 Å². The van der Waals surface area contributed by atoms with Crippen molar-refractivity contribution in [3.05, 3.63) is 0 Å². The summed E-state index contributed by atoms with van der Waals surface area (Å²) in [6, 6.07) is 0. The van der Waals surface area contributed by atoms with Gasteiger partial charge in [0.25, 0.3) is 0 Å². The highest BCUT2D eigenvalue weighted by Crippen LogP contribution is 2.27. The van der Waals surface area contributed by atoms with Crippen LogP contribution in [0.5, 0.6) is 0 Å². The predicted molar refractivity (Wildman–Crippen MR) is 58.6 cm³/mol. The van der Waals surface area contributed by atoms with E-state index in [0.29, 0.717) is 5.50 Å². The average molecular weight is 200 g/mol. The number of thioether (sulfide) groups is 1. The summed E-state index contributed by atoms with van der Waals surface area (Å²) in [6.07, 6.45) is 7.22. The highest BCUT2D eigenvalue weighted by Gasteiger charge is 2.24. The fourth-order valence-corrected chi connectivity index (χ4v) is 3.40. The van der Waals surface area contributed by atoms with Crippen molar-refractivity contribution in [2.45, 2.75) is 37.6 Å². The third-order valence-electron chi connectivity index (χ3n) is 3.24. The van der Waals surface area contributed by atoms with E-state index >= 15 is 0 Å². The van der Waals surface area contributed by atoms with Gasteiger partial charge in [-0.25, -0.2) is 0 Å². The standard InChI is InChI=1S/C10H20N2S/c11-10-12(6-7-13-10)8-9-4-2-1-3-5-9/h9-10H,1-8,11H2. The number of hydrogen-bond acceptors (Lipinski definition) is 3. The number of nitrogens with two attached hydrogens (primary N) is 1. The van der Waals surface area contributed by atoms with E-state index in [-0.39, 0.29) is 0 Å². The van der Waals surface area contributed by atoms with Crippen LogP contribution in [0.2, 0.25) is 0 Å². The molecule has 2 rings (SSSR count). The van der Waals surface area contributed by atoms with Crippen molar-refractivity contribution in [3.63, 3.8) is 0 Å². The van der Waals surface area contributed by atoms with Crippen molar-refractivity contribution in [1.29, 1.82) is 0 Å². The van der Waals surface area contributed by atoms with Gasteiger partial charge in [0.05, 0.1) is 0 Å². The molecule has 2 aliphatic rings. The van der Waals surface area contributed by atoms with Gasteiger partial charge in [0.15, 0.2) is 0 Å². The maximum atomic E-state index is 5.99. The minimum Gasteiger partial charge on any atom is -0.307 e. The Labute approximate surface area is 85.2 Å². The van der Waals surface area contributed by atoms with E-state index in [2.05, 4.69) is 4.90 Å². The zero-order chi connectivity index (χ0) is 9.10. The van der Waals surface area contributed by atoms with Gasteiger partial charge in [-0.1, -0.05) is 19.3 Å². The van der Waals surface area contributed by atoms with Crippen LogP contribution in [0.25, 0.3) is 0 Å². The second-order valence-corrected chi connectivity index (χ2v) is 5.48. The molecule has 2 fully saturated rings. The van der Waals surface area contributed by atoms with Gasteiger partial charge in [-0.15, -0.1) is 11.8 Å². The third kappa shape index (κ3) is 2.61. The van der Waals surface area contributed by atoms with Crippen molar-refractivity contribution >= 4 is 11.8 Å². The largest absolute Gasteiger partial charge is 0.307 e. The molecule has 0 aromatic rings. The van der Waals surface area contributed by atoms with Crippen molar-refractivity contribution in [1.82, 2.24) is 4.90 Å². The monoisotopic (exact) mass is 200 g/mol. The first kappa shape index (κ1) is 9.81. The van der Waals surface area contributed by atoms with E-state index in [1.807, 2.05) is 11.8 Å². The minimum atomic E-state index is 0.293. The van der Waals surface area contributed by atoms with Crippen LogP contribution in [0.1, 0.15) is 32.1 Å². The summed E-state index contributed by atoms with van der Waals surface area (Å²) in [4.78, 5) is 2.46. The summed E-state index contributed by atoms with van der Waals surface area (Å²) in [6.45, 7) is 2.47. The summed E-state index contributed by atoms with van der Waals surface area (Å²) < 4.78 is 0. The van der Waals surface area contributed by atoms with Gasteiger partial charge in [0.1, 0.15) is 5.50 Å². The molecule has 1 unspecified atom stereocenters. The molecule has 2 nitrogen and oxygen atoms in total. The van der Waals surface area contributed by atoms with E-state index in [1.165, 1.54) is 50.9 Å². The molecule has 0 amide bonds. The normalized spacial score (nSPS) is 32.5. The van der Waals surface area contributed by atoms with Crippen LogP contribution in [-0.2, 0) is 0 Å². The summed E-state index contributed by atoms with van der Waals surface area (Å²) in [5, 5.41) is 0. The Hall–Kier alpha value is 0.270. The van der Waals surface area contributed by atoms with Crippen LogP contribution in [0.15, 0.2) is 0 Å². The molecule has 1 heterocycles. The topological polar surface area (TPSA) is 29.3 Å². The number of rotatable bonds is 2. The summed E-state index contributed by atoms with van der Waals surface area (Å²) in [5.74, 6) is 2.17. The quantitative estimate of drug-likeness (QED) is 0.738. The fraction of sp³-hybridized carbons (Fsp3) is 1.00. The van der Waals surface area contributed by atoms with Gasteiger partial charge in [0, 0.05) is 18.8 Å². The lowest BCUT2D eigenvalue weighted by molar-refractivity contribution is 0.209. The smallest absolute Gasteiger partial charge is 0.105 e. The van der Waals surface area contributed by atoms with Crippen LogP contribution in [0.4, 0.5) is 0 Å². The van der Waals surface area contributed by atoms with Crippen LogP contribution in [-0.4, -0.2) is 29.2 Å². The highest BCUT2D eigenvalue weighted by molar-refractivity contribution is 8.00. The molecule has 3 heteroatoms. The summed E-state index contributed by atoms with van der Waals surface area (Å²) >= 11 is 1.90. The molecule has 1 atom stereocenters. The average Bonchev–Trinajstić information content (AvgIpc) is 2.54. The Morgan fingerprint density at radius 1 is 1.23 bits per heavy atom. The van der Waals surface area contributed by atoms with Crippen LogP contribution < -0.4 is 5.73 Å². The molecule has 1 saturated carbocycles. The highest BCUT2D eigenvalue weighted by atomic mass is 32.2. The van der Waals surface area contributed by atoms with E-state index in [9.17, 15) is 0 Å². The summed E-state index contributed by atoms with van der Waals surface area (Å²) in [7, 11) is 0. The zero-order valence-electron chi connectivity index (χ0n) is 8.24. The van der Waals surface area contributed by atoms with Crippen molar-refractivity contribution in [2.75, 3.05) is 18.8 Å². The fourth-order valence-electron chi connectivity index (χ4n) is 2.42. The molecule has 0 aromatic carbocycles.